The molecule has 7 heteroatoms. The van der Waals surface area contributed by atoms with Crippen LogP contribution in [-0.4, -0.2) is 31.5 Å². The van der Waals surface area contributed by atoms with E-state index in [1.165, 1.54) is 31.4 Å². The van der Waals surface area contributed by atoms with Gasteiger partial charge in [-0.15, -0.1) is 10.2 Å². The van der Waals surface area contributed by atoms with Crippen LogP contribution < -0.4 is 5.73 Å². The minimum Gasteiger partial charge on any atom is -0.507 e. The molecule has 0 bridgehead atoms. The molecule has 0 unspecified atom stereocenters. The second-order valence-electron chi connectivity index (χ2n) is 6.31. The van der Waals surface area contributed by atoms with E-state index in [0.717, 1.165) is 18.9 Å². The molecule has 4 rings (SSSR count). The van der Waals surface area contributed by atoms with Gasteiger partial charge >= 0.3 is 0 Å². The summed E-state index contributed by atoms with van der Waals surface area (Å²) in [6, 6.07) is 5.42. The summed E-state index contributed by atoms with van der Waals surface area (Å²) in [6.07, 6.45) is 9.10. The molecule has 2 aromatic heterocycles. The van der Waals surface area contributed by atoms with Crippen LogP contribution in [0.2, 0.25) is 0 Å². The maximum Gasteiger partial charge on any atom is 0.154 e. The average molecular weight is 356 g/mol. The van der Waals surface area contributed by atoms with Crippen LogP contribution in [0.5, 0.6) is 5.75 Å². The molecule has 0 aliphatic heterocycles. The Bertz CT molecular complexity index is 898. The van der Waals surface area contributed by atoms with Gasteiger partial charge in [-0.1, -0.05) is 19.3 Å². The predicted octanol–water partition coefficient (Wildman–Crippen LogP) is 3.43. The first-order valence-electron chi connectivity index (χ1n) is 8.59. The van der Waals surface area contributed by atoms with Crippen molar-refractivity contribution in [3.63, 3.8) is 0 Å². The molecule has 1 aromatic carbocycles. The summed E-state index contributed by atoms with van der Waals surface area (Å²) in [4.78, 5) is 4.01. The first-order valence-corrected chi connectivity index (χ1v) is 8.59. The van der Waals surface area contributed by atoms with Gasteiger partial charge in [0.2, 0.25) is 0 Å². The van der Waals surface area contributed by atoms with E-state index in [2.05, 4.69) is 15.2 Å². The van der Waals surface area contributed by atoms with Gasteiger partial charge in [0.1, 0.15) is 17.3 Å². The lowest BCUT2D eigenvalue weighted by Crippen LogP contribution is -2.09. The number of aliphatic hydroxyl groups excluding tert-OH is 1. The zero-order chi connectivity index (χ0) is 18.5. The Balaban J connectivity index is 0.000000236. The van der Waals surface area contributed by atoms with Gasteiger partial charge in [0.15, 0.2) is 5.82 Å². The van der Waals surface area contributed by atoms with Crippen LogP contribution in [-0.2, 0) is 0 Å². The van der Waals surface area contributed by atoms with Crippen LogP contribution in [0, 0.1) is 5.82 Å². The fourth-order valence-electron chi connectivity index (χ4n) is 3.00. The van der Waals surface area contributed by atoms with Crippen LogP contribution in [0.25, 0.3) is 22.0 Å². The fourth-order valence-corrected chi connectivity index (χ4v) is 3.00. The number of hydrogen-bond donors (Lipinski definition) is 3. The molecule has 0 amide bonds. The van der Waals surface area contributed by atoms with E-state index in [1.54, 1.807) is 18.5 Å². The second-order valence-corrected chi connectivity index (χ2v) is 6.31. The summed E-state index contributed by atoms with van der Waals surface area (Å²) in [5.41, 5.74) is 6.53. The summed E-state index contributed by atoms with van der Waals surface area (Å²) in [5, 5.41) is 27.9. The largest absolute Gasteiger partial charge is 0.507 e. The maximum atomic E-state index is 13.0. The molecular weight excluding hydrogens is 335 g/mol. The SMILES string of the molecule is Nc1nnc(-c2ccc(F)cc2O)c2cnccc12.OC1CCCCC1. The number of aromatic hydroxyl groups is 1. The molecule has 1 aliphatic rings. The molecule has 1 fully saturated rings. The number of nitrogens with two attached hydrogens (primary N) is 1. The molecule has 1 saturated carbocycles. The number of halogens is 1. The molecule has 6 nitrogen and oxygen atoms in total. The lowest BCUT2D eigenvalue weighted by atomic mass is 9.98. The highest BCUT2D eigenvalue weighted by molar-refractivity contribution is 5.99. The van der Waals surface area contributed by atoms with Crippen molar-refractivity contribution in [2.24, 2.45) is 0 Å². The zero-order valence-corrected chi connectivity index (χ0v) is 14.3. The number of nitrogen functional groups attached to an aromatic ring is 1. The Kier molecular flexibility index (Phi) is 5.58. The lowest BCUT2D eigenvalue weighted by Gasteiger charge is -2.14. The molecule has 1 aliphatic carbocycles. The smallest absolute Gasteiger partial charge is 0.154 e. The number of hydrogen-bond acceptors (Lipinski definition) is 6. The van der Waals surface area contributed by atoms with Gasteiger partial charge in [0.25, 0.3) is 0 Å². The number of benzene rings is 1. The Hall–Kier alpha value is -2.80. The second kappa shape index (κ2) is 8.05. The molecule has 4 N–H and O–H groups in total. The molecule has 136 valence electrons. The highest BCUT2D eigenvalue weighted by Gasteiger charge is 2.13. The van der Waals surface area contributed by atoms with Gasteiger partial charge < -0.3 is 15.9 Å². The molecule has 3 aromatic rings. The van der Waals surface area contributed by atoms with Crippen LogP contribution in [0.3, 0.4) is 0 Å². The van der Waals surface area contributed by atoms with Crippen LogP contribution >= 0.6 is 0 Å². The first kappa shape index (κ1) is 18.0. The number of rotatable bonds is 1. The van der Waals surface area contributed by atoms with Crippen molar-refractivity contribution in [2.45, 2.75) is 38.2 Å². The quantitative estimate of drug-likeness (QED) is 0.617. The molecule has 26 heavy (non-hydrogen) atoms. The van der Waals surface area contributed by atoms with Gasteiger partial charge in [0.05, 0.1) is 6.10 Å². The average Bonchev–Trinajstić information content (AvgIpc) is 2.64. The molecule has 2 heterocycles. The van der Waals surface area contributed by atoms with E-state index in [1.807, 2.05) is 0 Å². The van der Waals surface area contributed by atoms with Crippen molar-refractivity contribution in [1.29, 1.82) is 0 Å². The summed E-state index contributed by atoms with van der Waals surface area (Å²) >= 11 is 0. The van der Waals surface area contributed by atoms with Crippen molar-refractivity contribution in [1.82, 2.24) is 15.2 Å². The van der Waals surface area contributed by atoms with E-state index in [-0.39, 0.29) is 17.7 Å². The normalized spacial score (nSPS) is 14.7. The zero-order valence-electron chi connectivity index (χ0n) is 14.3. The van der Waals surface area contributed by atoms with E-state index >= 15 is 0 Å². The van der Waals surface area contributed by atoms with Gasteiger partial charge in [-0.25, -0.2) is 4.39 Å². The van der Waals surface area contributed by atoms with Crippen LogP contribution in [0.1, 0.15) is 32.1 Å². The third kappa shape index (κ3) is 4.05. The van der Waals surface area contributed by atoms with Crippen molar-refractivity contribution in [3.8, 4) is 17.0 Å². The lowest BCUT2D eigenvalue weighted by molar-refractivity contribution is 0.130. The molecule has 0 radical (unpaired) electrons. The Morgan fingerprint density at radius 1 is 1.04 bits per heavy atom. The highest BCUT2D eigenvalue weighted by Crippen LogP contribution is 2.33. The number of anilines is 1. The van der Waals surface area contributed by atoms with E-state index in [9.17, 15) is 9.50 Å². The Morgan fingerprint density at radius 2 is 1.81 bits per heavy atom. The summed E-state index contributed by atoms with van der Waals surface area (Å²) < 4.78 is 13.0. The first-order chi connectivity index (χ1) is 12.6. The maximum absolute atomic E-state index is 13.0. The van der Waals surface area contributed by atoms with Gasteiger partial charge in [0, 0.05) is 34.8 Å². The van der Waals surface area contributed by atoms with Crippen molar-refractivity contribution in [3.05, 3.63) is 42.5 Å². The fraction of sp³-hybridized carbons (Fsp3) is 0.316. The standard InChI is InChI=1S/C13H9FN4O.C6H12O/c14-7-1-2-9(11(19)5-7)12-10-6-16-4-3-8(10)13(15)18-17-12;7-6-4-2-1-3-5-6/h1-6,19H,(H2,15,18);6-7H,1-5H2. The van der Waals surface area contributed by atoms with Gasteiger partial charge in [-0.2, -0.15) is 0 Å². The minimum absolute atomic E-state index is 0.0359. The number of aliphatic hydroxyl groups is 1. The van der Waals surface area contributed by atoms with E-state index in [4.69, 9.17) is 10.8 Å². The van der Waals surface area contributed by atoms with E-state index in [0.29, 0.717) is 22.0 Å². The number of phenolic OH excluding ortho intramolecular Hbond substituents is 1. The van der Waals surface area contributed by atoms with Crippen molar-refractivity contribution in [2.75, 3.05) is 5.73 Å². The highest BCUT2D eigenvalue weighted by atomic mass is 19.1. The molecular formula is C19H21FN4O2. The van der Waals surface area contributed by atoms with Crippen molar-refractivity contribution < 1.29 is 14.6 Å². The van der Waals surface area contributed by atoms with Gasteiger partial charge in [-0.3, -0.25) is 4.98 Å². The summed E-state index contributed by atoms with van der Waals surface area (Å²) in [7, 11) is 0. The number of pyridine rings is 1. The van der Waals surface area contributed by atoms with E-state index < -0.39 is 5.82 Å². The third-order valence-corrected chi connectivity index (χ3v) is 4.40. The van der Waals surface area contributed by atoms with Crippen molar-refractivity contribution >= 4 is 16.6 Å². The minimum atomic E-state index is -0.521. The van der Waals surface area contributed by atoms with Gasteiger partial charge in [-0.05, 0) is 31.0 Å². The molecule has 0 saturated heterocycles. The number of nitrogens with zero attached hydrogens (tertiary/aromatic N) is 3. The number of aromatic nitrogens is 3. The summed E-state index contributed by atoms with van der Waals surface area (Å²) in [6.45, 7) is 0. The number of phenols is 1. The topological polar surface area (TPSA) is 105 Å². The summed E-state index contributed by atoms with van der Waals surface area (Å²) in [5.74, 6) is -0.445. The number of fused-ring (bicyclic) bond motifs is 1. The molecule has 0 spiro atoms. The van der Waals surface area contributed by atoms with Crippen LogP contribution in [0.4, 0.5) is 10.2 Å². The van der Waals surface area contributed by atoms with Crippen LogP contribution in [0.15, 0.2) is 36.7 Å². The Morgan fingerprint density at radius 3 is 2.46 bits per heavy atom. The monoisotopic (exact) mass is 356 g/mol. The predicted molar refractivity (Wildman–Crippen MR) is 97.9 cm³/mol. The third-order valence-electron chi connectivity index (χ3n) is 4.40. The Labute approximate surface area is 150 Å². The molecule has 0 atom stereocenters.